The van der Waals surface area contributed by atoms with Gasteiger partial charge < -0.3 is 48.5 Å². The largest absolute Gasteiger partial charge is 0.456 e. The van der Waals surface area contributed by atoms with E-state index in [1.165, 1.54) is 24.7 Å². The number of imidazole rings is 1. The maximum atomic E-state index is 14.6. The summed E-state index contributed by atoms with van der Waals surface area (Å²) >= 11 is 0. The molecule has 3 fully saturated rings. The van der Waals surface area contributed by atoms with Crippen molar-refractivity contribution in [2.45, 2.75) is 186 Å². The monoisotopic (exact) mass is 976 g/mol. The lowest BCUT2D eigenvalue weighted by Crippen LogP contribution is -2.64. The highest BCUT2D eigenvalue weighted by molar-refractivity contribution is 6.39. The smallest absolute Gasteiger partial charge is 0.329 e. The summed E-state index contributed by atoms with van der Waals surface area (Å²) < 4.78 is 36.9. The van der Waals surface area contributed by atoms with Crippen molar-refractivity contribution >= 4 is 23.4 Å². The number of esters is 1. The Morgan fingerprint density at radius 2 is 1.63 bits per heavy atom. The van der Waals surface area contributed by atoms with Gasteiger partial charge in [-0.05, 0) is 114 Å². The number of H-pyrrole nitrogens is 1. The minimum absolute atomic E-state index is 0.00985. The molecule has 1 amide bonds. The molecule has 388 valence electrons. The number of fused-ring (bicyclic) bond motifs is 3. The molecule has 6 rings (SSSR count). The van der Waals surface area contributed by atoms with Crippen LogP contribution in [0, 0.1) is 29.6 Å². The molecule has 2 saturated heterocycles. The number of ketones is 2. The second-order valence-electron chi connectivity index (χ2n) is 20.8. The van der Waals surface area contributed by atoms with Crippen molar-refractivity contribution in [1.29, 1.82) is 0 Å². The van der Waals surface area contributed by atoms with Crippen LogP contribution in [0.25, 0.3) is 0 Å². The lowest BCUT2D eigenvalue weighted by molar-refractivity contribution is -0.302. The van der Waals surface area contributed by atoms with Crippen LogP contribution >= 0.6 is 0 Å². The van der Waals surface area contributed by atoms with Crippen molar-refractivity contribution in [2.24, 2.45) is 29.6 Å². The van der Waals surface area contributed by atoms with Crippen molar-refractivity contribution in [3.63, 3.8) is 0 Å². The molecule has 0 spiro atoms. The fourth-order valence-corrected chi connectivity index (χ4v) is 11.3. The molecule has 1 aromatic heterocycles. The third-order valence-electron chi connectivity index (χ3n) is 15.5. The zero-order chi connectivity index (χ0) is 50.7. The van der Waals surface area contributed by atoms with E-state index in [2.05, 4.69) is 35.1 Å². The van der Waals surface area contributed by atoms with Gasteiger partial charge in [-0.1, -0.05) is 75.8 Å². The molecule has 15 nitrogen and oxygen atoms in total. The van der Waals surface area contributed by atoms with Crippen molar-refractivity contribution < 1.29 is 57.8 Å². The first-order valence-corrected chi connectivity index (χ1v) is 25.8. The van der Waals surface area contributed by atoms with Gasteiger partial charge in [-0.2, -0.15) is 0 Å². The maximum absolute atomic E-state index is 14.6. The van der Waals surface area contributed by atoms with Crippen LogP contribution in [0.5, 0.6) is 0 Å². The molecule has 4 heterocycles. The van der Waals surface area contributed by atoms with Crippen molar-refractivity contribution in [1.82, 2.24) is 14.9 Å². The van der Waals surface area contributed by atoms with Gasteiger partial charge in [0, 0.05) is 63.9 Å². The summed E-state index contributed by atoms with van der Waals surface area (Å²) in [5.41, 5.74) is 4.00. The van der Waals surface area contributed by atoms with E-state index in [-0.39, 0.29) is 55.6 Å². The van der Waals surface area contributed by atoms with Gasteiger partial charge in [-0.15, -0.1) is 0 Å². The Balaban J connectivity index is 1.23. The number of hydrogen-bond acceptors (Lipinski definition) is 13. The number of allylic oxidation sites excluding steroid dienone is 3. The van der Waals surface area contributed by atoms with Gasteiger partial charge in [0.2, 0.25) is 5.79 Å². The van der Waals surface area contributed by atoms with E-state index in [1.54, 1.807) is 21.0 Å². The second kappa shape index (κ2) is 25.5. The van der Waals surface area contributed by atoms with Gasteiger partial charge in [0.1, 0.15) is 36.5 Å². The van der Waals surface area contributed by atoms with Crippen LogP contribution in [0.3, 0.4) is 0 Å². The number of aromatic amines is 1. The number of hydrogen-bond donors (Lipinski definition) is 3. The van der Waals surface area contributed by atoms with Crippen LogP contribution in [0.15, 0.2) is 59.8 Å². The number of cyclic esters (lactones) is 1. The lowest BCUT2D eigenvalue weighted by Gasteiger charge is -2.47. The molecule has 2 aromatic rings. The number of ether oxygens (including phenoxy) is 6. The SMILES string of the molecule is CCC1/C=C(/C)CC(C)CC(OC)C2OC(O)(C(=O)C(=O)N3CCCCC3C(=O)OC(/C(C)=C/C3CCC(OCc4ncc(CCc5ccccc5)[nH]4)C(OC)C3)C(C)C(O)CC1=O)C(C)CC2OC. The number of nitrogens with zero attached hydrogens (tertiary/aromatic N) is 2. The number of aliphatic hydroxyl groups excluding tert-OH is 1. The Labute approximate surface area is 415 Å². The number of benzene rings is 1. The molecular weight excluding hydrogens is 895 g/mol. The van der Waals surface area contributed by atoms with E-state index >= 15 is 0 Å². The molecule has 15 heteroatoms. The Bertz CT molecular complexity index is 2110. The zero-order valence-corrected chi connectivity index (χ0v) is 43.1. The van der Waals surface area contributed by atoms with E-state index in [4.69, 9.17) is 28.4 Å². The average Bonchev–Trinajstić information content (AvgIpc) is 3.82. The number of rotatable bonds is 12. The highest BCUT2D eigenvalue weighted by Gasteiger charge is 2.56. The highest BCUT2D eigenvalue weighted by atomic mass is 16.7. The summed E-state index contributed by atoms with van der Waals surface area (Å²) in [5, 5.41) is 24.0. The summed E-state index contributed by atoms with van der Waals surface area (Å²) in [6.45, 7) is 11.7. The van der Waals surface area contributed by atoms with Crippen LogP contribution in [-0.2, 0) is 67.0 Å². The van der Waals surface area contributed by atoms with Gasteiger partial charge in [-0.25, -0.2) is 9.78 Å². The Hall–Kier alpha value is -4.09. The molecule has 2 bridgehead atoms. The topological polar surface area (TPSA) is 196 Å². The normalized spacial score (nSPS) is 35.6. The molecular formula is C55H81N3O12. The standard InChI is InChI=1S/C55H81N3O12/c1-10-40-25-33(2)24-34(3)26-47(66-8)51-48(67-9)28-36(5)55(64,70-51)52(61)53(62)58-23-15-14-18-42(58)54(63)69-50(37(6)43(59)30-44(40)60)35(4)27-39-20-22-45(46(29-39)65-7)68-32-49-56-31-41(57-49)21-19-38-16-12-11-13-17-38/h11-13,16-17,25,27,31,34,36-37,39-40,42-43,45-48,50-51,59,64H,10,14-15,18-24,26,28-30,32H2,1-9H3,(H,56,57)/b33-25-,35-27+. The van der Waals surface area contributed by atoms with E-state index in [0.717, 1.165) is 36.4 Å². The first kappa shape index (κ1) is 55.2. The fraction of sp³-hybridized carbons (Fsp3) is 0.691. The second-order valence-corrected chi connectivity index (χ2v) is 20.8. The predicted molar refractivity (Wildman–Crippen MR) is 263 cm³/mol. The first-order chi connectivity index (χ1) is 33.5. The molecule has 70 heavy (non-hydrogen) atoms. The number of amides is 1. The summed E-state index contributed by atoms with van der Waals surface area (Å²) in [6.07, 6.45) is 8.19. The predicted octanol–water partition coefficient (Wildman–Crippen LogP) is 7.21. The van der Waals surface area contributed by atoms with Crippen LogP contribution in [0.2, 0.25) is 0 Å². The first-order valence-electron chi connectivity index (χ1n) is 25.8. The van der Waals surface area contributed by atoms with Gasteiger partial charge in [0.25, 0.3) is 11.7 Å². The zero-order valence-electron chi connectivity index (χ0n) is 43.1. The minimum Gasteiger partial charge on any atom is -0.456 e. The van der Waals surface area contributed by atoms with Crippen LogP contribution in [0.4, 0.5) is 0 Å². The van der Waals surface area contributed by atoms with Crippen LogP contribution in [-0.4, -0.2) is 131 Å². The number of aryl methyl sites for hydroxylation is 2. The maximum Gasteiger partial charge on any atom is 0.329 e. The quantitative estimate of drug-likeness (QED) is 0.110. The summed E-state index contributed by atoms with van der Waals surface area (Å²) in [4.78, 5) is 66.6. The van der Waals surface area contributed by atoms with E-state index in [9.17, 15) is 29.4 Å². The Kier molecular flexibility index (Phi) is 20.1. The van der Waals surface area contributed by atoms with Gasteiger partial charge >= 0.3 is 5.97 Å². The van der Waals surface area contributed by atoms with Crippen molar-refractivity contribution in [3.8, 4) is 0 Å². The van der Waals surface area contributed by atoms with Gasteiger partial charge in [0.15, 0.2) is 0 Å². The van der Waals surface area contributed by atoms with Crippen LogP contribution in [0.1, 0.15) is 129 Å². The summed E-state index contributed by atoms with van der Waals surface area (Å²) in [6, 6.07) is 9.19. The number of nitrogens with one attached hydrogen (secondary N) is 1. The lowest BCUT2D eigenvalue weighted by atomic mass is 9.81. The number of aliphatic hydroxyl groups is 2. The average molecular weight is 976 g/mol. The molecule has 3 aliphatic heterocycles. The molecule has 1 saturated carbocycles. The number of Topliss-reactive ketones (excluding diaryl/α,β-unsaturated/α-hetero) is 2. The minimum atomic E-state index is -2.51. The van der Waals surface area contributed by atoms with E-state index < -0.39 is 77.8 Å². The number of aromatic nitrogens is 2. The van der Waals surface area contributed by atoms with Gasteiger partial charge in [0.05, 0.1) is 30.5 Å². The third-order valence-corrected chi connectivity index (χ3v) is 15.5. The molecule has 0 radical (unpaired) electrons. The highest BCUT2D eigenvalue weighted by Crippen LogP contribution is 2.39. The molecule has 14 atom stereocenters. The number of carbonyl (C=O) groups is 4. The summed E-state index contributed by atoms with van der Waals surface area (Å²) in [7, 11) is 4.76. The number of methoxy groups -OCH3 is 3. The van der Waals surface area contributed by atoms with Crippen LogP contribution < -0.4 is 0 Å². The fourth-order valence-electron chi connectivity index (χ4n) is 11.3. The van der Waals surface area contributed by atoms with Crippen molar-refractivity contribution in [3.05, 3.63) is 76.9 Å². The Morgan fingerprint density at radius 3 is 2.33 bits per heavy atom. The van der Waals surface area contributed by atoms with Crippen molar-refractivity contribution in [2.75, 3.05) is 27.9 Å². The van der Waals surface area contributed by atoms with Gasteiger partial charge in [-0.3, -0.25) is 14.4 Å². The summed E-state index contributed by atoms with van der Waals surface area (Å²) in [5.74, 6) is -6.76. The molecule has 3 N–H and O–H groups in total. The number of carbonyl (C=O) groups excluding carboxylic acids is 4. The Morgan fingerprint density at radius 1 is 0.914 bits per heavy atom. The third kappa shape index (κ3) is 13.7. The van der Waals surface area contributed by atoms with E-state index in [0.29, 0.717) is 57.1 Å². The molecule has 1 aromatic carbocycles. The molecule has 4 aliphatic rings. The molecule has 14 unspecified atom stereocenters. The number of piperidine rings is 1. The molecule has 1 aliphatic carbocycles. The van der Waals surface area contributed by atoms with E-state index in [1.807, 2.05) is 51.2 Å².